The summed E-state index contributed by atoms with van der Waals surface area (Å²) < 4.78 is 29.2. The van der Waals surface area contributed by atoms with Crippen molar-refractivity contribution >= 4 is 11.8 Å². The maximum absolute atomic E-state index is 14.2. The molecular formula is C30H42O10. The van der Waals surface area contributed by atoms with Crippen LogP contribution in [0.15, 0.2) is 11.6 Å². The lowest BCUT2D eigenvalue weighted by atomic mass is 9.42. The molecule has 40 heavy (non-hydrogen) atoms. The van der Waals surface area contributed by atoms with Crippen molar-refractivity contribution < 1.29 is 48.6 Å². The van der Waals surface area contributed by atoms with Gasteiger partial charge in [-0.3, -0.25) is 4.79 Å². The Labute approximate surface area is 234 Å². The van der Waals surface area contributed by atoms with Crippen LogP contribution in [0.4, 0.5) is 0 Å². The van der Waals surface area contributed by atoms with E-state index in [4.69, 9.17) is 23.7 Å². The fourth-order valence-corrected chi connectivity index (χ4v) is 10.4. The average Bonchev–Trinajstić information content (AvgIpc) is 3.42. The number of Topliss-reactive ketones (excluding diaryl/α,β-unsaturated/α-hetero) is 1. The van der Waals surface area contributed by atoms with Gasteiger partial charge in [0.25, 0.3) is 0 Å². The summed E-state index contributed by atoms with van der Waals surface area (Å²) in [5.74, 6) is -2.60. The molecule has 0 bridgehead atoms. The van der Waals surface area contributed by atoms with Crippen LogP contribution < -0.4 is 0 Å². The van der Waals surface area contributed by atoms with E-state index in [0.717, 1.165) is 24.8 Å². The Kier molecular flexibility index (Phi) is 6.04. The topological polar surface area (TPSA) is 141 Å². The van der Waals surface area contributed by atoms with Crippen molar-refractivity contribution in [2.75, 3.05) is 13.7 Å². The van der Waals surface area contributed by atoms with Crippen LogP contribution in [0.25, 0.3) is 0 Å². The molecule has 7 aliphatic rings. The zero-order chi connectivity index (χ0) is 28.4. The minimum atomic E-state index is -1.99. The second-order valence-corrected chi connectivity index (χ2v) is 14.1. The van der Waals surface area contributed by atoms with Gasteiger partial charge >= 0.3 is 5.97 Å². The molecule has 7 rings (SSSR count). The quantitative estimate of drug-likeness (QED) is 0.336. The molecule has 14 atom stereocenters. The number of carbonyl (C=O) groups excluding carboxylic acids is 2. The third-order valence-corrected chi connectivity index (χ3v) is 12.4. The second kappa shape index (κ2) is 8.81. The number of hydrogen-bond donors (Lipinski definition) is 3. The van der Waals surface area contributed by atoms with E-state index in [-0.39, 0.29) is 54.6 Å². The lowest BCUT2D eigenvalue weighted by Crippen LogP contribution is -2.74. The van der Waals surface area contributed by atoms with E-state index < -0.39 is 52.9 Å². The number of rotatable bonds is 2. The fourth-order valence-electron chi connectivity index (χ4n) is 10.4. The van der Waals surface area contributed by atoms with Gasteiger partial charge in [0, 0.05) is 30.9 Å². The third kappa shape index (κ3) is 3.41. The van der Waals surface area contributed by atoms with Gasteiger partial charge in [0.2, 0.25) is 12.1 Å². The molecule has 10 heteroatoms. The van der Waals surface area contributed by atoms with Crippen molar-refractivity contribution in [1.82, 2.24) is 0 Å². The molecule has 0 aromatic rings. The minimum Gasteiger partial charge on any atom is -0.458 e. The molecule has 0 unspecified atom stereocenters. The predicted octanol–water partition coefficient (Wildman–Crippen LogP) is 1.63. The van der Waals surface area contributed by atoms with E-state index in [1.165, 1.54) is 7.11 Å². The normalized spacial score (nSPS) is 57.2. The Morgan fingerprint density at radius 1 is 1.07 bits per heavy atom. The molecule has 4 saturated carbocycles. The summed E-state index contributed by atoms with van der Waals surface area (Å²) in [6, 6.07) is 0. The van der Waals surface area contributed by atoms with Crippen LogP contribution in [-0.4, -0.2) is 89.0 Å². The molecule has 6 fully saturated rings. The molecule has 222 valence electrons. The van der Waals surface area contributed by atoms with E-state index in [1.54, 1.807) is 13.0 Å². The number of esters is 1. The first-order chi connectivity index (χ1) is 18.9. The third-order valence-electron chi connectivity index (χ3n) is 12.4. The number of carbonyl (C=O) groups is 2. The maximum Gasteiger partial charge on any atom is 0.331 e. The van der Waals surface area contributed by atoms with Gasteiger partial charge in [-0.1, -0.05) is 13.8 Å². The van der Waals surface area contributed by atoms with E-state index >= 15 is 0 Å². The zero-order valence-corrected chi connectivity index (χ0v) is 23.7. The number of ether oxygens (including phenoxy) is 5. The lowest BCUT2D eigenvalue weighted by molar-refractivity contribution is -0.470. The van der Waals surface area contributed by atoms with Gasteiger partial charge in [-0.25, -0.2) is 4.79 Å². The van der Waals surface area contributed by atoms with Crippen molar-refractivity contribution in [3.05, 3.63) is 11.6 Å². The Hall–Kier alpha value is -1.40. The minimum absolute atomic E-state index is 0.0672. The highest BCUT2D eigenvalue weighted by Gasteiger charge is 2.72. The van der Waals surface area contributed by atoms with Crippen LogP contribution in [0.3, 0.4) is 0 Å². The molecular weight excluding hydrogens is 520 g/mol. The highest BCUT2D eigenvalue weighted by Crippen LogP contribution is 2.69. The largest absolute Gasteiger partial charge is 0.458 e. The lowest BCUT2D eigenvalue weighted by Gasteiger charge is -2.65. The molecule has 4 aliphatic carbocycles. The van der Waals surface area contributed by atoms with Gasteiger partial charge in [0.05, 0.1) is 23.9 Å². The Morgan fingerprint density at radius 2 is 1.85 bits per heavy atom. The Bertz CT molecular complexity index is 1140. The van der Waals surface area contributed by atoms with Crippen LogP contribution in [0.2, 0.25) is 0 Å². The van der Waals surface area contributed by atoms with Crippen molar-refractivity contribution in [1.29, 1.82) is 0 Å². The first kappa shape index (κ1) is 27.4. The summed E-state index contributed by atoms with van der Waals surface area (Å²) in [6.45, 7) is 6.12. The summed E-state index contributed by atoms with van der Waals surface area (Å²) in [4.78, 5) is 26.1. The standard InChI is InChI=1S/C30H42O10/c1-14-24(33)25(36-4)30(35)26(38-14)39-20-10-16-5-6-18-23(27(16,2)12-21(20)40-30)19(31)11-28(3)17(7-8-29(18,28)34)15-9-22(32)37-13-15/h9,14,16-18,20-21,23-26,33-35H,5-8,10-13H2,1-4H3/t14-,16-,17-,18-,20-,21-,23+,24+,25-,26+,27+,28-,29+,30+/m1/s1. The Balaban J connectivity index is 1.19. The first-order valence-corrected chi connectivity index (χ1v) is 14.9. The molecule has 0 aromatic heterocycles. The van der Waals surface area contributed by atoms with Gasteiger partial charge in [0.15, 0.2) is 0 Å². The van der Waals surface area contributed by atoms with Crippen LogP contribution in [-0.2, 0) is 33.3 Å². The van der Waals surface area contributed by atoms with Crippen molar-refractivity contribution in [3.8, 4) is 0 Å². The summed E-state index contributed by atoms with van der Waals surface area (Å²) in [5, 5.41) is 34.7. The molecule has 3 heterocycles. The zero-order valence-electron chi connectivity index (χ0n) is 23.7. The smallest absolute Gasteiger partial charge is 0.331 e. The monoisotopic (exact) mass is 562 g/mol. The molecule has 0 aromatic carbocycles. The molecule has 10 nitrogen and oxygen atoms in total. The highest BCUT2D eigenvalue weighted by molar-refractivity contribution is 5.86. The maximum atomic E-state index is 14.2. The van der Waals surface area contributed by atoms with Crippen molar-refractivity contribution in [3.63, 3.8) is 0 Å². The number of aliphatic hydroxyl groups excluding tert-OH is 1. The van der Waals surface area contributed by atoms with Crippen LogP contribution >= 0.6 is 0 Å². The van der Waals surface area contributed by atoms with Gasteiger partial charge in [0.1, 0.15) is 24.6 Å². The number of ketones is 1. The predicted molar refractivity (Wildman–Crippen MR) is 137 cm³/mol. The SMILES string of the molecule is CO[C@@H]1[C@@H](O)[C@@H](C)O[C@H]2O[C@@H]3C[C@H]4CC[C@@H]5[C@@H](C(=O)C[C@]6(C)[C@@H](C7=CC(=O)OC7)CC[C@]56O)[C@@]4(C)C[C@H]3O[C@]21O. The Morgan fingerprint density at radius 3 is 2.55 bits per heavy atom. The molecule has 0 radical (unpaired) electrons. The van der Waals surface area contributed by atoms with Crippen LogP contribution in [0.5, 0.6) is 0 Å². The fraction of sp³-hybridized carbons (Fsp3) is 0.867. The average molecular weight is 563 g/mol. The first-order valence-electron chi connectivity index (χ1n) is 14.9. The van der Waals surface area contributed by atoms with E-state index in [9.17, 15) is 24.9 Å². The van der Waals surface area contributed by atoms with E-state index in [1.807, 2.05) is 6.92 Å². The number of aliphatic hydroxyl groups is 3. The van der Waals surface area contributed by atoms with E-state index in [2.05, 4.69) is 6.92 Å². The van der Waals surface area contributed by atoms with Gasteiger partial charge < -0.3 is 39.0 Å². The van der Waals surface area contributed by atoms with E-state index in [0.29, 0.717) is 19.3 Å². The van der Waals surface area contributed by atoms with Crippen LogP contribution in [0.1, 0.15) is 65.7 Å². The summed E-state index contributed by atoms with van der Waals surface area (Å²) >= 11 is 0. The molecule has 2 saturated heterocycles. The number of cyclic esters (lactones) is 1. The highest BCUT2D eigenvalue weighted by atomic mass is 16.8. The van der Waals surface area contributed by atoms with Gasteiger partial charge in [-0.05, 0) is 74.2 Å². The molecule has 0 spiro atoms. The van der Waals surface area contributed by atoms with Crippen molar-refractivity contribution in [2.45, 2.75) is 114 Å². The number of hydrogen-bond acceptors (Lipinski definition) is 10. The number of methoxy groups -OCH3 is 1. The van der Waals surface area contributed by atoms with Crippen LogP contribution in [0, 0.1) is 34.5 Å². The summed E-state index contributed by atoms with van der Waals surface area (Å²) in [7, 11) is 1.41. The van der Waals surface area contributed by atoms with Crippen molar-refractivity contribution in [2.24, 2.45) is 34.5 Å². The summed E-state index contributed by atoms with van der Waals surface area (Å²) in [5.41, 5.74) is -1.25. The van der Waals surface area contributed by atoms with Gasteiger partial charge in [-0.2, -0.15) is 0 Å². The molecule has 3 N–H and O–H groups in total. The van der Waals surface area contributed by atoms with Gasteiger partial charge in [-0.15, -0.1) is 0 Å². The molecule has 0 amide bonds. The molecule has 3 aliphatic heterocycles. The second-order valence-electron chi connectivity index (χ2n) is 14.1. The summed E-state index contributed by atoms with van der Waals surface area (Å²) in [6.07, 6.45) is 1.17. The number of fused-ring (bicyclic) bond motifs is 7.